The molecule has 2 saturated heterocycles. The third-order valence-electron chi connectivity index (χ3n) is 12.1. The number of piperidine rings is 2. The third-order valence-corrected chi connectivity index (χ3v) is 15.9. The molecule has 4 aromatic rings. The predicted octanol–water partition coefficient (Wildman–Crippen LogP) is 7.73. The molecule has 0 aromatic heterocycles. The lowest BCUT2D eigenvalue weighted by molar-refractivity contribution is -0.139. The van der Waals surface area contributed by atoms with E-state index in [1.54, 1.807) is 79.9 Å². The summed E-state index contributed by atoms with van der Waals surface area (Å²) in [5.74, 6) is 1.47. The fraction of sp³-hybridized carbons (Fsp3) is 0.509. The van der Waals surface area contributed by atoms with Gasteiger partial charge in [0.2, 0.25) is 10.0 Å². The molecule has 2 aliphatic heterocycles. The maximum Gasteiger partial charge on any atom is 0.327 e. The van der Waals surface area contributed by atoms with Gasteiger partial charge in [-0.05, 0) is 184 Å². The number of amides is 2. The number of nitrogens with zero attached hydrogens (tertiary/aromatic N) is 1. The summed E-state index contributed by atoms with van der Waals surface area (Å²) in [7, 11) is -5.68. The Kier molecular flexibility index (Phi) is 24.1. The van der Waals surface area contributed by atoms with E-state index in [9.17, 15) is 26.4 Å². The fourth-order valence-electron chi connectivity index (χ4n) is 8.87. The summed E-state index contributed by atoms with van der Waals surface area (Å²) in [6, 6.07) is 25.7. The van der Waals surface area contributed by atoms with Crippen LogP contribution < -0.4 is 52.0 Å². The maximum atomic E-state index is 12.8. The second-order valence-electron chi connectivity index (χ2n) is 20.1. The number of ether oxygens (including phenoxy) is 2. The molecule has 9 N–H and O–H groups in total. The first kappa shape index (κ1) is 60.5. The Labute approximate surface area is 449 Å². The maximum absolute atomic E-state index is 12.8. The highest BCUT2D eigenvalue weighted by Crippen LogP contribution is 2.29. The number of carbonyl (C=O) groups excluding carboxylic acids is 2. The van der Waals surface area contributed by atoms with E-state index in [2.05, 4.69) is 79.9 Å². The summed E-state index contributed by atoms with van der Waals surface area (Å²) >= 11 is 1.96. The van der Waals surface area contributed by atoms with E-state index < -0.39 is 31.9 Å². The summed E-state index contributed by atoms with van der Waals surface area (Å²) in [6.45, 7) is 17.3. The van der Waals surface area contributed by atoms with Crippen LogP contribution in [0, 0.1) is 13.8 Å². The molecular weight excluding hydrogens is 1020 g/mol. The first-order chi connectivity index (χ1) is 35.7. The van der Waals surface area contributed by atoms with Crippen LogP contribution in [-0.2, 0) is 39.2 Å². The van der Waals surface area contributed by atoms with Gasteiger partial charge >= 0.3 is 11.8 Å². The van der Waals surface area contributed by atoms with Crippen molar-refractivity contribution in [3.63, 3.8) is 0 Å². The lowest BCUT2D eigenvalue weighted by Crippen LogP contribution is -2.63. The zero-order chi connectivity index (χ0) is 54.3. The number of hydrazine groups is 2. The van der Waals surface area contributed by atoms with Crippen LogP contribution in [0.2, 0.25) is 0 Å². The van der Waals surface area contributed by atoms with E-state index in [-0.39, 0.29) is 27.8 Å². The number of anilines is 5. The molecule has 0 radical (unpaired) electrons. The molecule has 22 heteroatoms. The van der Waals surface area contributed by atoms with Crippen molar-refractivity contribution in [3.05, 3.63) is 102 Å². The van der Waals surface area contributed by atoms with Crippen LogP contribution in [0.15, 0.2) is 95.9 Å². The van der Waals surface area contributed by atoms with Crippen molar-refractivity contribution in [2.45, 2.75) is 115 Å². The van der Waals surface area contributed by atoms with Gasteiger partial charge in [0.05, 0.1) is 35.2 Å². The normalized spacial score (nSPS) is 15.6. The Morgan fingerprint density at radius 3 is 2.04 bits per heavy atom. The van der Waals surface area contributed by atoms with Crippen molar-refractivity contribution in [1.82, 2.24) is 26.4 Å². The van der Waals surface area contributed by atoms with Gasteiger partial charge in [0.15, 0.2) is 0 Å². The summed E-state index contributed by atoms with van der Waals surface area (Å²) in [4.78, 5) is 33.0. The van der Waals surface area contributed by atoms with Crippen LogP contribution in [0.1, 0.15) is 90.2 Å². The quantitative estimate of drug-likeness (QED) is 0.0120. The first-order valence-corrected chi connectivity index (χ1v) is 29.8. The number of methoxy groups -OCH3 is 1. The number of unbranched alkanes of at least 4 members (excludes halogenated alkanes) is 1. The average Bonchev–Trinajstić information content (AvgIpc) is 3.35. The molecule has 2 aliphatic rings. The molecule has 2 fully saturated rings. The summed E-state index contributed by atoms with van der Waals surface area (Å²) in [6.07, 6.45) is 7.46. The first-order valence-electron chi connectivity index (χ1n) is 25.6. The van der Waals surface area contributed by atoms with Gasteiger partial charge < -0.3 is 30.4 Å². The molecule has 19 nitrogen and oxygen atoms in total. The average molecular weight is 1100 g/mol. The minimum atomic E-state index is -3.73. The number of rotatable bonds is 27. The van der Waals surface area contributed by atoms with E-state index >= 15 is 0 Å². The van der Waals surface area contributed by atoms with Crippen molar-refractivity contribution in [3.8, 4) is 5.75 Å². The molecule has 0 atom stereocenters. The van der Waals surface area contributed by atoms with Gasteiger partial charge in [-0.3, -0.25) is 40.2 Å². The van der Waals surface area contributed by atoms with E-state index in [0.717, 1.165) is 34.9 Å². The predicted molar refractivity (Wildman–Crippen MR) is 303 cm³/mol. The zero-order valence-electron chi connectivity index (χ0n) is 44.6. The van der Waals surface area contributed by atoms with E-state index in [4.69, 9.17) is 14.3 Å². The van der Waals surface area contributed by atoms with E-state index in [1.807, 2.05) is 43.8 Å². The Balaban J connectivity index is 0.000000280. The Hall–Kier alpha value is -5.33. The van der Waals surface area contributed by atoms with Crippen LogP contribution in [0.3, 0.4) is 0 Å². The lowest BCUT2D eigenvalue weighted by atomic mass is 9.79. The number of thioether (sulfide) groups is 1. The fourth-order valence-corrected chi connectivity index (χ4v) is 12.1. The van der Waals surface area contributed by atoms with Gasteiger partial charge in [-0.25, -0.2) is 22.3 Å². The number of nitrogens with one attached hydrogen (secondary N) is 9. The SMILES string of the molecule is COCNNc1ccc(NS(=O)(=O)c2cccc(NOCCCSCCN3CCCCC3)c2)cc1.Cc1ccc(OCCCCS(=O)(=O)Nc2ccc(NNC(=O)C(=O)NC3CC(C)(C)NC(C)(C)C3)cc2)c(C)c1. The number of benzene rings is 4. The molecule has 414 valence electrons. The topological polar surface area (TPSA) is 242 Å². The molecule has 2 heterocycles. The number of carbonyl (C=O) groups is 2. The highest BCUT2D eigenvalue weighted by Gasteiger charge is 2.38. The van der Waals surface area contributed by atoms with Gasteiger partial charge in [0.1, 0.15) is 12.5 Å². The smallest absolute Gasteiger partial charge is 0.327 e. The Bertz CT molecular complexity index is 2600. The molecular formula is C53H80N10O9S3. The molecule has 0 bridgehead atoms. The summed E-state index contributed by atoms with van der Waals surface area (Å²) < 4.78 is 66.4. The highest BCUT2D eigenvalue weighted by atomic mass is 32.2. The van der Waals surface area contributed by atoms with Gasteiger partial charge in [-0.2, -0.15) is 11.8 Å². The molecule has 6 rings (SSSR count). The van der Waals surface area contributed by atoms with Gasteiger partial charge in [-0.15, -0.1) is 0 Å². The largest absolute Gasteiger partial charge is 0.493 e. The number of hydrogen-bond acceptors (Lipinski definition) is 16. The van der Waals surface area contributed by atoms with Crippen LogP contribution >= 0.6 is 11.8 Å². The second-order valence-corrected chi connectivity index (χ2v) is 24.9. The summed E-state index contributed by atoms with van der Waals surface area (Å²) in [5, 5.41) is 6.36. The summed E-state index contributed by atoms with van der Waals surface area (Å²) in [5.41, 5.74) is 18.4. The van der Waals surface area contributed by atoms with Crippen LogP contribution in [0.5, 0.6) is 5.75 Å². The standard InChI is InChI=1S/C29H43N5O5S.C24H37N5O4S2/c1-20-9-14-25(21(2)17-20)39-15-7-8-16-40(37,38)33-23-12-10-22(11-13-23)31-32-27(36)26(35)30-24-18-28(3,4)34-29(5,6)19-24;1-32-20-25-26-21-9-11-22(12-10-21)28-35(30,31)24-8-5-7-23(19-24)27-33-16-6-17-34-18-15-29-13-3-2-4-14-29/h9-14,17,24,31,33-34H,7-8,15-16,18-19H2,1-6H3,(H,30,35)(H,32,36);5,7-12,19,25-28H,2-4,6,13-18,20H2,1H3. The molecule has 0 spiro atoms. The minimum Gasteiger partial charge on any atom is -0.493 e. The molecule has 75 heavy (non-hydrogen) atoms. The molecule has 2 amide bonds. The van der Waals surface area contributed by atoms with Gasteiger partial charge in [0.25, 0.3) is 10.0 Å². The Morgan fingerprint density at radius 2 is 1.37 bits per heavy atom. The van der Waals surface area contributed by atoms with Crippen molar-refractivity contribution in [2.75, 3.05) is 89.7 Å². The number of likely N-dealkylation sites (tertiary alicyclic amines) is 1. The van der Waals surface area contributed by atoms with Crippen LogP contribution in [0.25, 0.3) is 0 Å². The van der Waals surface area contributed by atoms with E-state index in [0.29, 0.717) is 68.4 Å². The van der Waals surface area contributed by atoms with Crippen LogP contribution in [-0.4, -0.2) is 115 Å². The van der Waals surface area contributed by atoms with Crippen molar-refractivity contribution >= 4 is 72.1 Å². The third kappa shape index (κ3) is 22.8. The number of sulfonamides is 2. The van der Waals surface area contributed by atoms with Gasteiger partial charge in [-0.1, -0.05) is 30.2 Å². The number of aryl methyl sites for hydroxylation is 2. The lowest BCUT2D eigenvalue weighted by Gasteiger charge is -2.46. The van der Waals surface area contributed by atoms with Crippen LogP contribution in [0.4, 0.5) is 28.4 Å². The van der Waals surface area contributed by atoms with E-state index in [1.165, 1.54) is 44.5 Å². The molecule has 0 unspecified atom stereocenters. The Morgan fingerprint density at radius 1 is 0.720 bits per heavy atom. The minimum absolute atomic E-state index is 0.0279. The molecule has 0 aliphatic carbocycles. The monoisotopic (exact) mass is 1100 g/mol. The van der Waals surface area contributed by atoms with Crippen molar-refractivity contribution in [2.24, 2.45) is 0 Å². The van der Waals surface area contributed by atoms with Crippen molar-refractivity contribution in [1.29, 1.82) is 0 Å². The highest BCUT2D eigenvalue weighted by molar-refractivity contribution is 7.99. The second kappa shape index (κ2) is 29.8. The van der Waals surface area contributed by atoms with Crippen molar-refractivity contribution < 1.29 is 40.7 Å². The van der Waals surface area contributed by atoms with Gasteiger partial charge in [0, 0.05) is 53.6 Å². The molecule has 4 aromatic carbocycles. The zero-order valence-corrected chi connectivity index (χ0v) is 47.1. The number of hydrogen-bond donors (Lipinski definition) is 9. The molecule has 0 saturated carbocycles.